The second kappa shape index (κ2) is 20.3. The lowest BCUT2D eigenvalue weighted by Gasteiger charge is -2.22. The molecule has 0 atom stereocenters. The summed E-state index contributed by atoms with van der Waals surface area (Å²) in [5.74, 6) is 5.75. The van der Waals surface area contributed by atoms with Gasteiger partial charge in [0.2, 0.25) is 0 Å². The van der Waals surface area contributed by atoms with Crippen LogP contribution in [0.25, 0.3) is 123 Å². The van der Waals surface area contributed by atoms with Crippen LogP contribution in [0.5, 0.6) is 0 Å². The summed E-state index contributed by atoms with van der Waals surface area (Å²) in [5.41, 5.74) is 2.18. The molecule has 6 heterocycles. The molecule has 13 rings (SSSR count). The fourth-order valence-electron chi connectivity index (χ4n) is 11.6. The van der Waals surface area contributed by atoms with Gasteiger partial charge in [0.05, 0.1) is 56.2 Å². The van der Waals surface area contributed by atoms with Crippen LogP contribution < -0.4 is 0 Å². The Kier molecular flexibility index (Phi) is 12.8. The van der Waals surface area contributed by atoms with Crippen LogP contribution in [0.2, 0.25) is 0 Å². The lowest BCUT2D eigenvalue weighted by atomic mass is 9.90. The van der Waals surface area contributed by atoms with E-state index in [1.807, 2.05) is 81.9 Å². The Morgan fingerprint density at radius 1 is 0.337 bits per heavy atom. The summed E-state index contributed by atoms with van der Waals surface area (Å²) in [6.07, 6.45) is -10.4. The molecule has 0 radical (unpaired) electrons. The van der Waals surface area contributed by atoms with Gasteiger partial charge in [-0.1, -0.05) is 18.2 Å². The van der Waals surface area contributed by atoms with E-state index in [1.54, 1.807) is 79.7 Å². The van der Waals surface area contributed by atoms with E-state index < -0.39 is 29.0 Å². The first-order valence-electron chi connectivity index (χ1n) is 27.0. The van der Waals surface area contributed by atoms with E-state index in [1.165, 1.54) is 12.1 Å². The first kappa shape index (κ1) is 54.5. The Morgan fingerprint density at radius 2 is 0.663 bits per heavy atom. The van der Waals surface area contributed by atoms with Gasteiger partial charge in [0, 0.05) is 60.5 Å². The molecule has 0 saturated carbocycles. The molecule has 86 heavy (non-hydrogen) atoms. The third-order valence-electron chi connectivity index (χ3n) is 14.9. The largest absolute Gasteiger partial charge is 0.417 e. The summed E-state index contributed by atoms with van der Waals surface area (Å²) in [6.45, 7) is 14.2. The van der Waals surface area contributed by atoms with Gasteiger partial charge in [-0.15, -0.1) is 0 Å². The summed E-state index contributed by atoms with van der Waals surface area (Å²) >= 11 is 0. The average molecular weight is 1150 g/mol. The second-order valence-corrected chi connectivity index (χ2v) is 20.9. The number of halogens is 6. The number of hydrogen-bond donors (Lipinski definition) is 0. The number of aryl methyl sites for hydroxylation is 8. The minimum Gasteiger partial charge on any atom is -0.309 e. The number of nitriles is 1. The molecule has 13 aromatic rings. The molecule has 15 nitrogen and oxygen atoms in total. The number of fused-ring (bicyclic) bond motifs is 6. The molecule has 0 fully saturated rings. The van der Waals surface area contributed by atoms with Crippen LogP contribution in [0.3, 0.4) is 0 Å². The molecule has 21 heteroatoms. The van der Waals surface area contributed by atoms with Crippen molar-refractivity contribution in [3.05, 3.63) is 191 Å². The van der Waals surface area contributed by atoms with E-state index in [2.05, 4.69) is 65.9 Å². The van der Waals surface area contributed by atoms with Crippen LogP contribution in [0.15, 0.2) is 127 Å². The van der Waals surface area contributed by atoms with Gasteiger partial charge in [-0.3, -0.25) is 0 Å². The van der Waals surface area contributed by atoms with Crippen molar-refractivity contribution in [2.45, 2.75) is 67.7 Å². The van der Waals surface area contributed by atoms with Crippen molar-refractivity contribution in [2.75, 3.05) is 0 Å². The Bertz CT molecular complexity index is 4730. The standard InChI is InChI=1S/C65H45F6N15/c1-31-73-32(2)78-60(77-31)41-14-20-54-47(26-41)48-27-42(61-79-33(3)74-34(4)80-61)15-21-55(48)85(54)53-19-13-40(59-51(64(66,67)68)10-9-11-52(59)65(69,70)71)25-46(53)45-18-12-39(30-72)24-58(45)86-56-22-16-43(62-81-35(5)75-36(6)82-62)28-49(56)50-29-44(17-23-57(50)86)63-83-37(7)76-38(8)84-63/h9-29H,1-8H3. The van der Waals surface area contributed by atoms with Gasteiger partial charge in [0.25, 0.3) is 0 Å². The van der Waals surface area contributed by atoms with E-state index in [0.717, 1.165) is 6.07 Å². The topological polar surface area (TPSA) is 188 Å². The molecule has 0 aliphatic rings. The molecule has 0 bridgehead atoms. The zero-order chi connectivity index (χ0) is 60.2. The summed E-state index contributed by atoms with van der Waals surface area (Å²) in [7, 11) is 0. The van der Waals surface area contributed by atoms with Crippen molar-refractivity contribution < 1.29 is 26.3 Å². The maximum Gasteiger partial charge on any atom is 0.417 e. The van der Waals surface area contributed by atoms with E-state index >= 15 is 26.3 Å². The van der Waals surface area contributed by atoms with Crippen molar-refractivity contribution >= 4 is 43.6 Å². The Morgan fingerprint density at radius 3 is 0.988 bits per heavy atom. The van der Waals surface area contributed by atoms with Crippen molar-refractivity contribution in [1.29, 1.82) is 5.26 Å². The van der Waals surface area contributed by atoms with E-state index in [4.69, 9.17) is 0 Å². The van der Waals surface area contributed by atoms with Crippen LogP contribution in [-0.4, -0.2) is 68.9 Å². The number of hydrogen-bond acceptors (Lipinski definition) is 13. The maximum absolute atomic E-state index is 15.3. The fourth-order valence-corrected chi connectivity index (χ4v) is 11.6. The molecule has 0 aliphatic carbocycles. The van der Waals surface area contributed by atoms with Crippen LogP contribution >= 0.6 is 0 Å². The number of benzene rings is 7. The third-order valence-corrected chi connectivity index (χ3v) is 14.9. The van der Waals surface area contributed by atoms with Crippen LogP contribution in [0.4, 0.5) is 26.3 Å². The maximum atomic E-state index is 15.3. The molecule has 6 aromatic heterocycles. The molecule has 0 N–H and O–H groups in total. The summed E-state index contributed by atoms with van der Waals surface area (Å²) in [4.78, 5) is 54.9. The second-order valence-electron chi connectivity index (χ2n) is 20.9. The zero-order valence-corrected chi connectivity index (χ0v) is 47.1. The number of rotatable bonds is 8. The summed E-state index contributed by atoms with van der Waals surface area (Å²) < 4.78 is 95.7. The molecule has 0 unspecified atom stereocenters. The van der Waals surface area contributed by atoms with Gasteiger partial charge < -0.3 is 9.13 Å². The highest BCUT2D eigenvalue weighted by Crippen LogP contribution is 2.49. The summed E-state index contributed by atoms with van der Waals surface area (Å²) in [6, 6.07) is 36.1. The molecule has 0 spiro atoms. The lowest BCUT2D eigenvalue weighted by Crippen LogP contribution is -2.14. The van der Waals surface area contributed by atoms with E-state index in [9.17, 15) is 5.26 Å². The van der Waals surface area contributed by atoms with Crippen LogP contribution in [0.1, 0.15) is 63.3 Å². The average Bonchev–Trinajstić information content (AvgIpc) is 1.63. The predicted molar refractivity (Wildman–Crippen MR) is 314 cm³/mol. The highest BCUT2D eigenvalue weighted by atomic mass is 19.4. The van der Waals surface area contributed by atoms with Crippen molar-refractivity contribution in [3.8, 4) is 85.2 Å². The number of nitrogens with zero attached hydrogens (tertiary/aromatic N) is 15. The molecule has 7 aromatic carbocycles. The minimum atomic E-state index is -5.21. The number of alkyl halides is 6. The molecule has 422 valence electrons. The predicted octanol–water partition coefficient (Wildman–Crippen LogP) is 15.0. The smallest absolute Gasteiger partial charge is 0.309 e. The fraction of sp³-hybridized carbons (Fsp3) is 0.154. The van der Waals surface area contributed by atoms with Crippen molar-refractivity contribution in [1.82, 2.24) is 68.9 Å². The molecule has 0 saturated heterocycles. The Balaban J connectivity index is 1.15. The monoisotopic (exact) mass is 1150 g/mol. The van der Waals surface area contributed by atoms with Crippen LogP contribution in [0, 0.1) is 66.7 Å². The van der Waals surface area contributed by atoms with Gasteiger partial charge in [0.15, 0.2) is 23.3 Å². The molecular formula is C65H45F6N15. The van der Waals surface area contributed by atoms with Gasteiger partial charge in [-0.2, -0.15) is 31.6 Å². The molecule has 0 amide bonds. The highest BCUT2D eigenvalue weighted by molar-refractivity contribution is 6.14. The normalized spacial score (nSPS) is 12.1. The van der Waals surface area contributed by atoms with E-state index in [0.29, 0.717) is 165 Å². The number of aromatic nitrogens is 14. The van der Waals surface area contributed by atoms with Gasteiger partial charge in [-0.25, -0.2) is 59.8 Å². The highest BCUT2D eigenvalue weighted by Gasteiger charge is 2.41. The zero-order valence-electron chi connectivity index (χ0n) is 47.1. The van der Waals surface area contributed by atoms with Crippen molar-refractivity contribution in [3.63, 3.8) is 0 Å². The lowest BCUT2D eigenvalue weighted by molar-refractivity contribution is -0.142. The Labute approximate surface area is 485 Å². The first-order valence-corrected chi connectivity index (χ1v) is 27.0. The third kappa shape index (κ3) is 9.63. The van der Waals surface area contributed by atoms with Crippen LogP contribution in [-0.2, 0) is 12.4 Å². The molecule has 0 aliphatic heterocycles. The van der Waals surface area contributed by atoms with E-state index in [-0.39, 0.29) is 16.7 Å². The van der Waals surface area contributed by atoms with Gasteiger partial charge >= 0.3 is 12.4 Å². The quantitative estimate of drug-likeness (QED) is 0.131. The van der Waals surface area contributed by atoms with Gasteiger partial charge in [0.1, 0.15) is 46.6 Å². The van der Waals surface area contributed by atoms with Crippen molar-refractivity contribution in [2.24, 2.45) is 0 Å². The minimum absolute atomic E-state index is 0.210. The first-order chi connectivity index (χ1) is 41.1. The van der Waals surface area contributed by atoms with Gasteiger partial charge in [-0.05, 0) is 170 Å². The SMILES string of the molecule is Cc1nc(C)nc(-c2ccc3c(c2)c2cc(-c4nc(C)nc(C)n4)ccc2n3-c2ccc(-c3c(C(F)(F)F)cccc3C(F)(F)F)cc2-c2ccc(C#N)cc2-n2c3ccc(-c4nc(C)nc(C)n4)cc3c3cc(-c4nc(C)nc(C)n4)ccc32)n1. The molecular weight excluding hydrogens is 1100 g/mol. The summed E-state index contributed by atoms with van der Waals surface area (Å²) in [5, 5.41) is 13.5. The Hall–Kier alpha value is -10.8.